The van der Waals surface area contributed by atoms with E-state index in [4.69, 9.17) is 37.6 Å². The number of carboxylic acids is 3. The first-order valence-corrected chi connectivity index (χ1v) is 6.11. The predicted octanol–water partition coefficient (Wildman–Crippen LogP) is 0.0609. The molecule has 0 atom stereocenters. The van der Waals surface area contributed by atoms with E-state index in [0.29, 0.717) is 0 Å². The van der Waals surface area contributed by atoms with Crippen LogP contribution in [0, 0.1) is 0 Å². The van der Waals surface area contributed by atoms with Crippen molar-refractivity contribution in [3.05, 3.63) is 35.4 Å². The number of carbonyl (C=O) groups is 3. The molecule has 3 N–H and O–H groups in total. The molecule has 0 saturated heterocycles. The van der Waals surface area contributed by atoms with Crippen molar-refractivity contribution >= 4 is 28.3 Å². The number of rotatable bonds is 2. The lowest BCUT2D eigenvalue weighted by Crippen LogP contribution is -2.06. The first-order valence-electron chi connectivity index (χ1n) is 4.78. The molecule has 10 nitrogen and oxygen atoms in total. The summed E-state index contributed by atoms with van der Waals surface area (Å²) < 4.78 is 34.1. The van der Waals surface area contributed by atoms with Gasteiger partial charge in [0.25, 0.3) is 5.97 Å². The highest BCUT2D eigenvalue weighted by Gasteiger charge is 2.13. The summed E-state index contributed by atoms with van der Waals surface area (Å²) in [6.45, 7) is 1.08. The molecule has 0 unspecified atom stereocenters. The Hall–Kier alpha value is -2.50. The number of hydrogen-bond acceptors (Lipinski definition) is 7. The van der Waals surface area contributed by atoms with Gasteiger partial charge in [-0.1, -0.05) is 12.1 Å². The molecule has 0 aromatic heterocycles. The third-order valence-corrected chi connectivity index (χ3v) is 1.39. The van der Waals surface area contributed by atoms with Gasteiger partial charge < -0.3 is 24.4 Å². The lowest BCUT2D eigenvalue weighted by atomic mass is 10.1. The Balaban J connectivity index is -0.000000140. The first kappa shape index (κ1) is 20.8. The molecule has 0 spiro atoms. The van der Waals surface area contributed by atoms with Gasteiger partial charge in [-0.2, -0.15) is 0 Å². The zero-order valence-corrected chi connectivity index (χ0v) is 11.2. The molecule has 0 saturated carbocycles. The molecule has 1 aromatic carbocycles. The maximum Gasteiger partial charge on any atom is 1.00 e. The van der Waals surface area contributed by atoms with Crippen LogP contribution in [0.1, 0.15) is 30.5 Å². The summed E-state index contributed by atoms with van der Waals surface area (Å²) in [5.41, 5.74) is -0.380. The van der Waals surface area contributed by atoms with E-state index in [9.17, 15) is 9.59 Å². The van der Waals surface area contributed by atoms with Gasteiger partial charge >= 0.3 is 14.8 Å². The molecule has 1 rings (SSSR count). The zero-order chi connectivity index (χ0) is 17.2. The van der Waals surface area contributed by atoms with Crippen LogP contribution in [0.3, 0.4) is 0 Å². The molecule has 0 amide bonds. The van der Waals surface area contributed by atoms with Gasteiger partial charge in [-0.05, 0) is 12.1 Å². The van der Waals surface area contributed by atoms with Crippen LogP contribution in [0.15, 0.2) is 24.3 Å². The van der Waals surface area contributed by atoms with Crippen LogP contribution in [0.4, 0.5) is 0 Å². The molecular formula is C10H12O10S. The second-order valence-electron chi connectivity index (χ2n) is 3.08. The van der Waals surface area contributed by atoms with Gasteiger partial charge in [-0.3, -0.25) is 13.2 Å². The number of carboxylic acid groups (broad SMARTS) is 3. The molecule has 0 aliphatic carbocycles. The zero-order valence-electron chi connectivity index (χ0n) is 12.4. The fourth-order valence-corrected chi connectivity index (χ4v) is 0.856. The molecule has 0 fully saturated rings. The third kappa shape index (κ3) is 15.4. The molecule has 0 aliphatic heterocycles. The Labute approximate surface area is 121 Å². The maximum atomic E-state index is 10.5. The van der Waals surface area contributed by atoms with Crippen LogP contribution in [0.25, 0.3) is 0 Å². The molecule has 0 heterocycles. The van der Waals surface area contributed by atoms with Crippen molar-refractivity contribution in [2.24, 2.45) is 0 Å². The molecule has 21 heavy (non-hydrogen) atoms. The van der Waals surface area contributed by atoms with E-state index in [1.54, 1.807) is 0 Å². The summed E-state index contributed by atoms with van der Waals surface area (Å²) in [6.07, 6.45) is 0. The van der Waals surface area contributed by atoms with Crippen molar-refractivity contribution < 1.29 is 50.1 Å². The molecule has 0 bridgehead atoms. The average molecular weight is 324 g/mol. The highest BCUT2D eigenvalue weighted by Crippen LogP contribution is 2.07. The normalized spacial score (nSPS) is 9.29. The standard InChI is InChI=1S/C8H6O4.C2H4O2.H2O4S/c9-7(10)5-3-1-2-4-6(5)8(11)12;1-2(3)4;1-5(2,3)4/h1-4H,(H,9,10)(H,11,12);1H3,(H,3,4);(H2,1,2,3,4). The monoisotopic (exact) mass is 324 g/mol. The van der Waals surface area contributed by atoms with E-state index in [1.807, 2.05) is 0 Å². The smallest absolute Gasteiger partial charge is 0.759 e. The minimum Gasteiger partial charge on any atom is -0.759 e. The lowest BCUT2D eigenvalue weighted by molar-refractivity contribution is -0.134. The van der Waals surface area contributed by atoms with E-state index in [-0.39, 0.29) is 14.0 Å². The van der Waals surface area contributed by atoms with Crippen molar-refractivity contribution in [1.82, 2.24) is 0 Å². The average Bonchev–Trinajstić information content (AvgIpc) is 2.25. The van der Waals surface area contributed by atoms with Gasteiger partial charge in [0, 0.05) is 17.3 Å². The van der Waals surface area contributed by atoms with Gasteiger partial charge in [0.2, 0.25) is 0 Å². The summed E-state index contributed by atoms with van der Waals surface area (Å²) >= 11 is 0. The summed E-state index contributed by atoms with van der Waals surface area (Å²) in [6, 6.07) is 5.48. The van der Waals surface area contributed by atoms with Crippen LogP contribution >= 0.6 is 0 Å². The number of hydrogen-bond donors (Lipinski definition) is 3. The van der Waals surface area contributed by atoms with Crippen molar-refractivity contribution in [2.75, 3.05) is 0 Å². The van der Waals surface area contributed by atoms with E-state index >= 15 is 0 Å². The largest absolute Gasteiger partial charge is 1.00 e. The Morgan fingerprint density at radius 2 is 1.14 bits per heavy atom. The van der Waals surface area contributed by atoms with E-state index in [1.165, 1.54) is 24.3 Å². The Morgan fingerprint density at radius 3 is 1.29 bits per heavy atom. The number of benzene rings is 1. The van der Waals surface area contributed by atoms with Crippen molar-refractivity contribution in [3.8, 4) is 0 Å². The van der Waals surface area contributed by atoms with Crippen molar-refractivity contribution in [1.29, 1.82) is 0 Å². The number of aromatic carboxylic acids is 2. The molecule has 1 aromatic rings. The molecule has 0 radical (unpaired) electrons. The second-order valence-corrected chi connectivity index (χ2v) is 3.90. The summed E-state index contributed by atoms with van der Waals surface area (Å²) in [5, 5.41) is 24.5. The lowest BCUT2D eigenvalue weighted by Gasteiger charge is -2.06. The van der Waals surface area contributed by atoms with E-state index in [0.717, 1.165) is 6.92 Å². The molecule has 11 heteroatoms. The van der Waals surface area contributed by atoms with Gasteiger partial charge in [0.1, 0.15) is 0 Å². The van der Waals surface area contributed by atoms with Gasteiger partial charge in [0.05, 0.1) is 11.1 Å². The van der Waals surface area contributed by atoms with Crippen molar-refractivity contribution in [2.45, 2.75) is 6.92 Å². The first-order chi connectivity index (χ1) is 9.36. The highest BCUT2D eigenvalue weighted by atomic mass is 32.3. The Morgan fingerprint density at radius 1 is 0.952 bits per heavy atom. The molecule has 0 aliphatic rings. The molecular weight excluding hydrogens is 312 g/mol. The molecule has 118 valence electrons. The number of aliphatic carboxylic acids is 1. The summed E-state index contributed by atoms with van der Waals surface area (Å²) in [5.74, 6) is -3.29. The Kier molecular flexibility index (Phi) is 9.33. The van der Waals surface area contributed by atoms with Crippen LogP contribution in [0.5, 0.6) is 0 Å². The maximum absolute atomic E-state index is 10.5. The van der Waals surface area contributed by atoms with E-state index in [2.05, 4.69) is 0 Å². The quantitative estimate of drug-likeness (QED) is 0.494. The van der Waals surface area contributed by atoms with Gasteiger partial charge in [-0.15, -0.1) is 0 Å². The fraction of sp³-hybridized carbons (Fsp3) is 0.100. The third-order valence-electron chi connectivity index (χ3n) is 1.39. The fourth-order valence-electron chi connectivity index (χ4n) is 0.856. The van der Waals surface area contributed by atoms with E-state index < -0.39 is 28.3 Å². The van der Waals surface area contributed by atoms with Crippen molar-refractivity contribution in [3.63, 3.8) is 0 Å². The Bertz CT molecular complexity index is 569. The summed E-state index contributed by atoms with van der Waals surface area (Å²) in [4.78, 5) is 29.9. The summed E-state index contributed by atoms with van der Waals surface area (Å²) in [7, 11) is -5.17. The SMILES string of the molecule is CC(=O)O.O=C(O)c1ccccc1C(=O)O.O=S(=O)([O-])[O-].[H+].[H+]. The van der Waals surface area contributed by atoms with Gasteiger partial charge in [0.15, 0.2) is 0 Å². The minimum absolute atomic E-state index is 0. The minimum atomic E-state index is -5.17. The van der Waals surface area contributed by atoms with Crippen LogP contribution in [-0.2, 0) is 15.2 Å². The van der Waals surface area contributed by atoms with Gasteiger partial charge in [-0.25, -0.2) is 9.59 Å². The van der Waals surface area contributed by atoms with Crippen LogP contribution in [-0.4, -0.2) is 50.8 Å². The second kappa shape index (κ2) is 9.41. The topological polar surface area (TPSA) is 192 Å². The van der Waals surface area contributed by atoms with Crippen LogP contribution < -0.4 is 0 Å². The highest BCUT2D eigenvalue weighted by molar-refractivity contribution is 7.79. The van der Waals surface area contributed by atoms with Crippen LogP contribution in [0.2, 0.25) is 0 Å². The predicted molar refractivity (Wildman–Crippen MR) is 66.4 cm³/mol.